The lowest BCUT2D eigenvalue weighted by molar-refractivity contribution is -0.149. The molecule has 0 N–H and O–H groups in total. The molecule has 1 fully saturated rings. The average Bonchev–Trinajstić information content (AvgIpc) is 2.81. The Balaban J connectivity index is 1.81. The lowest BCUT2D eigenvalue weighted by Gasteiger charge is -2.43. The Morgan fingerprint density at radius 3 is 2.58 bits per heavy atom. The van der Waals surface area contributed by atoms with Crippen LogP contribution in [0.15, 0.2) is 41.4 Å². The molecular weight excluding hydrogens is 430 g/mol. The number of hydrogen-bond acceptors (Lipinski definition) is 6. The Morgan fingerprint density at radius 1 is 1.18 bits per heavy atom. The first-order valence-corrected chi connectivity index (χ1v) is 10.7. The van der Waals surface area contributed by atoms with E-state index in [1.165, 1.54) is 14.0 Å². The Labute approximate surface area is 190 Å². The van der Waals surface area contributed by atoms with Crippen LogP contribution in [0.4, 0.5) is 8.78 Å². The predicted octanol–water partition coefficient (Wildman–Crippen LogP) is 4.60. The zero-order chi connectivity index (χ0) is 23.5. The van der Waals surface area contributed by atoms with Crippen LogP contribution in [0, 0.1) is 11.3 Å². The highest BCUT2D eigenvalue weighted by Crippen LogP contribution is 2.50. The first-order chi connectivity index (χ1) is 15.9. The topological polar surface area (TPSA) is 80.9 Å². The maximum Gasteiger partial charge on any atom is 0.302 e. The minimum absolute atomic E-state index is 0.0682. The first kappa shape index (κ1) is 22.7. The molecule has 1 aliphatic heterocycles. The lowest BCUT2D eigenvalue weighted by Crippen LogP contribution is -2.41. The third-order valence-corrected chi connectivity index (χ3v) is 6.19. The van der Waals surface area contributed by atoms with Crippen LogP contribution in [0.3, 0.4) is 0 Å². The summed E-state index contributed by atoms with van der Waals surface area (Å²) in [5.74, 6) is -0.184. The van der Waals surface area contributed by atoms with Crippen molar-refractivity contribution in [1.82, 2.24) is 0 Å². The molecule has 0 radical (unpaired) electrons. The van der Waals surface area contributed by atoms with Crippen molar-refractivity contribution >= 4 is 12.2 Å². The van der Waals surface area contributed by atoms with Crippen LogP contribution >= 0.6 is 0 Å². The van der Waals surface area contributed by atoms with Gasteiger partial charge in [-0.2, -0.15) is 5.26 Å². The number of benzene rings is 2. The molecule has 1 heterocycles. The summed E-state index contributed by atoms with van der Waals surface area (Å²) in [5.41, 5.74) is 3.14. The fraction of sp³-hybridized carbons (Fsp3) is 0.400. The van der Waals surface area contributed by atoms with Gasteiger partial charge >= 0.3 is 5.97 Å². The molecule has 0 aromatic heterocycles. The monoisotopic (exact) mass is 454 g/mol. The first-order valence-electron chi connectivity index (χ1n) is 10.7. The fourth-order valence-electron chi connectivity index (χ4n) is 4.87. The highest BCUT2D eigenvalue weighted by Gasteiger charge is 2.45. The van der Waals surface area contributed by atoms with Gasteiger partial charge in [0.15, 0.2) is 11.5 Å². The van der Waals surface area contributed by atoms with Crippen LogP contribution in [0.25, 0.3) is 0 Å². The van der Waals surface area contributed by atoms with Gasteiger partial charge in [0, 0.05) is 25.0 Å². The molecule has 2 aromatic rings. The van der Waals surface area contributed by atoms with Crippen LogP contribution in [-0.4, -0.2) is 44.5 Å². The van der Waals surface area contributed by atoms with E-state index in [4.69, 9.17) is 19.2 Å². The van der Waals surface area contributed by atoms with E-state index in [1.807, 2.05) is 12.1 Å². The molecule has 172 valence electrons. The van der Waals surface area contributed by atoms with Crippen LogP contribution < -0.4 is 9.47 Å². The number of aliphatic imine (C=N–C) groups is 1. The van der Waals surface area contributed by atoms with Gasteiger partial charge in [0.05, 0.1) is 24.8 Å². The molecule has 8 heteroatoms. The van der Waals surface area contributed by atoms with Crippen molar-refractivity contribution in [1.29, 1.82) is 5.26 Å². The Kier molecular flexibility index (Phi) is 6.59. The molecule has 2 aromatic carbocycles. The number of fused-ring (bicyclic) bond motifs is 3. The van der Waals surface area contributed by atoms with Gasteiger partial charge in [0.1, 0.15) is 12.7 Å². The second-order valence-electron chi connectivity index (χ2n) is 8.19. The van der Waals surface area contributed by atoms with E-state index in [2.05, 4.69) is 6.07 Å². The van der Waals surface area contributed by atoms with E-state index in [9.17, 15) is 18.8 Å². The standard InChI is InChI=1S/C25H24F2N2O4/c1-14(30)33-20-8-7-19-25(24(20)16-5-3-15(11-28)4-6-16)18-10-22(32-13-23(26)27)21(31-2)9-17(18)12-29-19/h3-6,9-10,12,19-20,23-25H,7-8,13H2,1-2H3. The number of nitrogens with zero attached hydrogens (tertiary/aromatic N) is 2. The second-order valence-corrected chi connectivity index (χ2v) is 8.19. The van der Waals surface area contributed by atoms with Gasteiger partial charge < -0.3 is 14.2 Å². The number of alkyl halides is 2. The minimum atomic E-state index is -2.62. The summed E-state index contributed by atoms with van der Waals surface area (Å²) in [6.45, 7) is 0.641. The quantitative estimate of drug-likeness (QED) is 0.596. The van der Waals surface area contributed by atoms with Crippen molar-refractivity contribution in [3.8, 4) is 17.6 Å². The number of hydrogen-bond donors (Lipinski definition) is 0. The molecule has 0 saturated heterocycles. The van der Waals surface area contributed by atoms with Crippen LogP contribution in [0.2, 0.25) is 0 Å². The van der Waals surface area contributed by atoms with E-state index < -0.39 is 13.0 Å². The summed E-state index contributed by atoms with van der Waals surface area (Å²) in [4.78, 5) is 16.6. The van der Waals surface area contributed by atoms with Crippen molar-refractivity contribution in [3.63, 3.8) is 0 Å². The van der Waals surface area contributed by atoms with E-state index in [0.29, 0.717) is 24.2 Å². The van der Waals surface area contributed by atoms with Gasteiger partial charge in [-0.15, -0.1) is 0 Å². The largest absolute Gasteiger partial charge is 0.493 e. The lowest BCUT2D eigenvalue weighted by atomic mass is 9.66. The summed E-state index contributed by atoms with van der Waals surface area (Å²) in [6.07, 6.45) is 0.130. The molecule has 33 heavy (non-hydrogen) atoms. The average molecular weight is 454 g/mol. The third-order valence-electron chi connectivity index (χ3n) is 6.19. The van der Waals surface area contributed by atoms with Gasteiger partial charge in [-0.1, -0.05) is 12.1 Å². The molecule has 4 rings (SSSR count). The Morgan fingerprint density at radius 2 is 1.94 bits per heavy atom. The second kappa shape index (κ2) is 9.57. The summed E-state index contributed by atoms with van der Waals surface area (Å²) in [5, 5.41) is 9.18. The smallest absolute Gasteiger partial charge is 0.302 e. The summed E-state index contributed by atoms with van der Waals surface area (Å²) in [7, 11) is 1.45. The molecule has 0 amide bonds. The maximum absolute atomic E-state index is 12.8. The number of methoxy groups -OCH3 is 1. The van der Waals surface area contributed by atoms with Gasteiger partial charge in [0.25, 0.3) is 6.43 Å². The fourth-order valence-corrected chi connectivity index (χ4v) is 4.87. The molecule has 6 nitrogen and oxygen atoms in total. The van der Waals surface area contributed by atoms with Crippen LogP contribution in [0.5, 0.6) is 11.5 Å². The molecule has 1 aliphatic carbocycles. The highest BCUT2D eigenvalue weighted by atomic mass is 19.3. The van der Waals surface area contributed by atoms with E-state index >= 15 is 0 Å². The highest BCUT2D eigenvalue weighted by molar-refractivity contribution is 5.85. The number of nitriles is 1. The predicted molar refractivity (Wildman–Crippen MR) is 117 cm³/mol. The van der Waals surface area contributed by atoms with Crippen molar-refractivity contribution < 1.29 is 27.8 Å². The number of halogens is 2. The third kappa shape index (κ3) is 4.68. The Hall–Kier alpha value is -3.47. The summed E-state index contributed by atoms with van der Waals surface area (Å²) >= 11 is 0. The summed E-state index contributed by atoms with van der Waals surface area (Å²) < 4.78 is 42.1. The van der Waals surface area contributed by atoms with Crippen molar-refractivity contribution in [3.05, 3.63) is 58.7 Å². The Bertz CT molecular complexity index is 1090. The number of ether oxygens (including phenoxy) is 3. The van der Waals surface area contributed by atoms with Gasteiger partial charge in [-0.05, 0) is 53.8 Å². The number of carbonyl (C=O) groups excluding carboxylic acids is 1. The van der Waals surface area contributed by atoms with E-state index in [0.717, 1.165) is 16.7 Å². The van der Waals surface area contributed by atoms with Crippen LogP contribution in [0.1, 0.15) is 53.9 Å². The maximum atomic E-state index is 12.8. The number of carbonyl (C=O) groups is 1. The molecular formula is C25H24F2N2O4. The van der Waals surface area contributed by atoms with Crippen molar-refractivity contribution in [2.45, 2.75) is 50.2 Å². The molecule has 1 saturated carbocycles. The number of rotatable bonds is 6. The molecule has 4 atom stereocenters. The molecule has 4 unspecified atom stereocenters. The minimum Gasteiger partial charge on any atom is -0.493 e. The summed E-state index contributed by atoms with van der Waals surface area (Å²) in [6, 6.07) is 12.7. The SMILES string of the molecule is COc1cc2c(cc1OCC(F)F)C1C(CCC(OC(C)=O)C1c1ccc(C#N)cc1)N=C2. The number of esters is 1. The van der Waals surface area contributed by atoms with Crippen molar-refractivity contribution in [2.24, 2.45) is 4.99 Å². The van der Waals surface area contributed by atoms with E-state index in [-0.39, 0.29) is 35.7 Å². The van der Waals surface area contributed by atoms with Crippen LogP contribution in [-0.2, 0) is 9.53 Å². The molecule has 0 bridgehead atoms. The molecule has 2 aliphatic rings. The normalized spacial score (nSPS) is 23.3. The zero-order valence-corrected chi connectivity index (χ0v) is 18.3. The van der Waals surface area contributed by atoms with Gasteiger partial charge in [-0.3, -0.25) is 9.79 Å². The van der Waals surface area contributed by atoms with Gasteiger partial charge in [-0.25, -0.2) is 8.78 Å². The van der Waals surface area contributed by atoms with Crippen molar-refractivity contribution in [2.75, 3.05) is 13.7 Å². The molecule has 0 spiro atoms. The van der Waals surface area contributed by atoms with E-state index in [1.54, 1.807) is 30.5 Å². The van der Waals surface area contributed by atoms with Gasteiger partial charge in [0.2, 0.25) is 0 Å². The zero-order valence-electron chi connectivity index (χ0n) is 18.3.